The fraction of sp³-hybridized carbons (Fsp3) is 0.250. The van der Waals surface area contributed by atoms with Crippen LogP contribution in [0.2, 0.25) is 5.02 Å². The molecule has 0 spiro atoms. The molecule has 222 valence electrons. The number of allylic oxidation sites excluding steroid dienone is 1. The highest BCUT2D eigenvalue weighted by atomic mass is 35.5. The smallest absolute Gasteiger partial charge is 0.338 e. The number of furan rings is 1. The van der Waals surface area contributed by atoms with E-state index in [4.69, 9.17) is 30.2 Å². The van der Waals surface area contributed by atoms with Crippen LogP contribution < -0.4 is 24.4 Å². The highest BCUT2D eigenvalue weighted by Gasteiger charge is 2.34. The molecule has 5 rings (SSSR count). The molecule has 0 fully saturated rings. The van der Waals surface area contributed by atoms with Crippen LogP contribution in [0.4, 0.5) is 0 Å². The topological polar surface area (TPSA) is 109 Å². The fourth-order valence-corrected chi connectivity index (χ4v) is 5.93. The summed E-state index contributed by atoms with van der Waals surface area (Å²) in [6.07, 6.45) is 1.64. The molecule has 1 unspecified atom stereocenters. The van der Waals surface area contributed by atoms with E-state index in [0.29, 0.717) is 37.1 Å². The van der Waals surface area contributed by atoms with E-state index in [-0.39, 0.29) is 35.2 Å². The van der Waals surface area contributed by atoms with Gasteiger partial charge in [0.1, 0.15) is 11.5 Å². The third-order valence-electron chi connectivity index (χ3n) is 6.59. The van der Waals surface area contributed by atoms with E-state index in [2.05, 4.69) is 4.99 Å². The summed E-state index contributed by atoms with van der Waals surface area (Å²) in [7, 11) is 1.44. The van der Waals surface area contributed by atoms with Crippen LogP contribution in [-0.4, -0.2) is 30.2 Å². The lowest BCUT2D eigenvalue weighted by atomic mass is 9.95. The normalized spacial score (nSPS) is 14.9. The Kier molecular flexibility index (Phi) is 8.70. The van der Waals surface area contributed by atoms with Gasteiger partial charge in [-0.25, -0.2) is 9.79 Å². The summed E-state index contributed by atoms with van der Waals surface area (Å²) in [5.74, 6) is 0.516. The van der Waals surface area contributed by atoms with Crippen LogP contribution >= 0.6 is 22.9 Å². The van der Waals surface area contributed by atoms with Crippen molar-refractivity contribution in [2.45, 2.75) is 33.7 Å². The van der Waals surface area contributed by atoms with Gasteiger partial charge in [-0.2, -0.15) is 0 Å². The summed E-state index contributed by atoms with van der Waals surface area (Å²) < 4.78 is 24.2. The molecule has 0 N–H and O–H groups in total. The molecule has 1 aliphatic rings. The number of fused-ring (bicyclic) bond motifs is 1. The van der Waals surface area contributed by atoms with Crippen molar-refractivity contribution in [1.29, 1.82) is 0 Å². The van der Waals surface area contributed by atoms with Gasteiger partial charge in [-0.1, -0.05) is 55.0 Å². The summed E-state index contributed by atoms with van der Waals surface area (Å²) in [5.41, 5.74) is 1.56. The first-order valence-corrected chi connectivity index (χ1v) is 14.7. The van der Waals surface area contributed by atoms with E-state index in [9.17, 15) is 14.4 Å². The monoisotopic (exact) mass is 620 g/mol. The van der Waals surface area contributed by atoms with Crippen LogP contribution in [0.1, 0.15) is 45.1 Å². The number of aromatic nitrogens is 1. The zero-order chi connectivity index (χ0) is 30.8. The van der Waals surface area contributed by atoms with Crippen LogP contribution in [0, 0.1) is 5.92 Å². The molecule has 1 aliphatic heterocycles. The zero-order valence-corrected chi connectivity index (χ0v) is 25.7. The third kappa shape index (κ3) is 6.21. The number of hydrogen-bond acceptors (Lipinski definition) is 9. The van der Waals surface area contributed by atoms with Crippen molar-refractivity contribution in [2.75, 3.05) is 13.7 Å². The van der Waals surface area contributed by atoms with Crippen molar-refractivity contribution in [2.24, 2.45) is 10.9 Å². The first-order chi connectivity index (χ1) is 20.6. The largest absolute Gasteiger partial charge is 0.493 e. The number of nitrogens with zero attached hydrogens (tertiary/aromatic N) is 2. The van der Waals surface area contributed by atoms with Gasteiger partial charge in [0.05, 0.1) is 40.6 Å². The van der Waals surface area contributed by atoms with Gasteiger partial charge >= 0.3 is 11.9 Å². The number of carbonyl (C=O) groups excluding carboxylic acids is 2. The summed E-state index contributed by atoms with van der Waals surface area (Å²) >= 11 is 7.51. The lowest BCUT2D eigenvalue weighted by Gasteiger charge is -2.25. The first kappa shape index (κ1) is 30.1. The van der Waals surface area contributed by atoms with Crippen molar-refractivity contribution in [3.05, 3.63) is 102 Å². The van der Waals surface area contributed by atoms with Crippen LogP contribution in [0.15, 0.2) is 80.1 Å². The van der Waals surface area contributed by atoms with E-state index in [0.717, 1.165) is 5.56 Å². The van der Waals surface area contributed by atoms with Crippen LogP contribution in [0.25, 0.3) is 17.4 Å². The van der Waals surface area contributed by atoms with E-state index in [1.165, 1.54) is 29.9 Å². The number of esters is 2. The Morgan fingerprint density at radius 3 is 2.60 bits per heavy atom. The zero-order valence-electron chi connectivity index (χ0n) is 24.2. The van der Waals surface area contributed by atoms with Gasteiger partial charge in [0.25, 0.3) is 5.56 Å². The summed E-state index contributed by atoms with van der Waals surface area (Å²) in [4.78, 5) is 44.1. The molecule has 2 aromatic carbocycles. The quantitative estimate of drug-likeness (QED) is 0.195. The molecular formula is C32H29ClN2O7S. The number of ether oxygens (including phenoxy) is 3. The number of hydrogen-bond donors (Lipinski definition) is 0. The summed E-state index contributed by atoms with van der Waals surface area (Å²) in [6.45, 7) is 7.07. The Morgan fingerprint density at radius 2 is 1.91 bits per heavy atom. The van der Waals surface area contributed by atoms with Crippen LogP contribution in [-0.2, 0) is 14.3 Å². The minimum atomic E-state index is -0.881. The van der Waals surface area contributed by atoms with Gasteiger partial charge in [-0.3, -0.25) is 14.2 Å². The molecule has 0 saturated heterocycles. The molecule has 9 nitrogen and oxygen atoms in total. The number of thiazole rings is 1. The van der Waals surface area contributed by atoms with Crippen molar-refractivity contribution in [3.63, 3.8) is 0 Å². The number of benzene rings is 2. The number of rotatable bonds is 8. The molecule has 0 radical (unpaired) electrons. The molecule has 2 aromatic heterocycles. The molecule has 43 heavy (non-hydrogen) atoms. The van der Waals surface area contributed by atoms with Gasteiger partial charge in [0.2, 0.25) is 0 Å². The Morgan fingerprint density at radius 1 is 1.14 bits per heavy atom. The minimum Gasteiger partial charge on any atom is -0.493 e. The van der Waals surface area contributed by atoms with Gasteiger partial charge < -0.3 is 18.6 Å². The molecule has 3 heterocycles. The molecule has 0 aliphatic carbocycles. The number of halogens is 1. The average Bonchev–Trinajstić information content (AvgIpc) is 3.55. The van der Waals surface area contributed by atoms with Gasteiger partial charge in [0.15, 0.2) is 16.3 Å². The van der Waals surface area contributed by atoms with Gasteiger partial charge in [0, 0.05) is 18.6 Å². The van der Waals surface area contributed by atoms with Crippen LogP contribution in [0.5, 0.6) is 11.5 Å². The maximum absolute atomic E-state index is 14.0. The molecule has 11 heteroatoms. The number of carbonyl (C=O) groups is 2. The summed E-state index contributed by atoms with van der Waals surface area (Å²) in [5, 5.41) is 0.547. The molecule has 0 saturated carbocycles. The lowest BCUT2D eigenvalue weighted by molar-refractivity contribution is -0.140. The van der Waals surface area contributed by atoms with Crippen molar-refractivity contribution >= 4 is 41.0 Å². The van der Waals surface area contributed by atoms with Crippen molar-refractivity contribution < 1.29 is 28.2 Å². The Hall–Kier alpha value is -4.41. The van der Waals surface area contributed by atoms with E-state index in [1.807, 2.05) is 32.0 Å². The van der Waals surface area contributed by atoms with Crippen molar-refractivity contribution in [1.82, 2.24) is 4.57 Å². The fourth-order valence-electron chi connectivity index (χ4n) is 4.68. The van der Waals surface area contributed by atoms with Crippen LogP contribution in [0.3, 0.4) is 0 Å². The highest BCUT2D eigenvalue weighted by molar-refractivity contribution is 7.07. The third-order valence-corrected chi connectivity index (χ3v) is 7.90. The molecule has 4 aromatic rings. The predicted octanol–water partition coefficient (Wildman–Crippen LogP) is 5.28. The lowest BCUT2D eigenvalue weighted by Crippen LogP contribution is -2.40. The summed E-state index contributed by atoms with van der Waals surface area (Å²) in [6, 6.07) is 14.9. The van der Waals surface area contributed by atoms with E-state index < -0.39 is 18.0 Å². The van der Waals surface area contributed by atoms with Gasteiger partial charge in [-0.15, -0.1) is 0 Å². The Bertz CT molecular complexity index is 1930. The minimum absolute atomic E-state index is 0.108. The standard InChI is InChI=1S/C32H29ClN2O7S/c1-17(2)16-40-31(38)28-18(3)34-32-35(29(28)20-10-12-25(41-19(4)36)26(14-20)39-5)30(37)27(43-32)15-21-11-13-24(42-21)22-8-6-7-9-23(22)33/h6-15,17,29H,16H2,1-5H3/b27-15+. The first-order valence-electron chi connectivity index (χ1n) is 13.5. The molecule has 1 atom stereocenters. The van der Waals surface area contributed by atoms with Gasteiger partial charge in [-0.05, 0) is 54.8 Å². The Labute approximate surface area is 256 Å². The molecule has 0 amide bonds. The van der Waals surface area contributed by atoms with E-state index >= 15 is 0 Å². The highest BCUT2D eigenvalue weighted by Crippen LogP contribution is 2.36. The predicted molar refractivity (Wildman–Crippen MR) is 163 cm³/mol. The SMILES string of the molecule is COc1cc(C2C(C(=O)OCC(C)C)=C(C)N=c3s/c(=C/c4ccc(-c5ccccc5Cl)o4)c(=O)n32)ccc1OC(C)=O. The Balaban J connectivity index is 1.65. The van der Waals surface area contributed by atoms with Crippen molar-refractivity contribution in [3.8, 4) is 22.8 Å². The second-order valence-electron chi connectivity index (χ2n) is 10.3. The second kappa shape index (κ2) is 12.4. The number of methoxy groups -OCH3 is 1. The molecule has 0 bridgehead atoms. The van der Waals surface area contributed by atoms with E-state index in [1.54, 1.807) is 49.4 Å². The average molecular weight is 621 g/mol. The molecular weight excluding hydrogens is 592 g/mol. The maximum atomic E-state index is 14.0. The maximum Gasteiger partial charge on any atom is 0.338 e. The second-order valence-corrected chi connectivity index (χ2v) is 11.7.